The van der Waals surface area contributed by atoms with Gasteiger partial charge in [-0.15, -0.1) is 0 Å². The second kappa shape index (κ2) is 4.46. The Labute approximate surface area is 112 Å². The summed E-state index contributed by atoms with van der Waals surface area (Å²) in [5.74, 6) is -0.116. The predicted octanol–water partition coefficient (Wildman–Crippen LogP) is 1.51. The molecule has 1 aromatic rings. The molecular weight excluding hydrogens is 418 g/mol. The lowest BCUT2D eigenvalue weighted by molar-refractivity contribution is -0.254. The van der Waals surface area contributed by atoms with E-state index in [0.29, 0.717) is 5.56 Å². The molecule has 80 valence electrons. The Kier molecular flexibility index (Phi) is 3.41. The molecule has 3 nitrogen and oxygen atoms in total. The molecule has 1 aromatic carbocycles. The maximum absolute atomic E-state index is 11.4. The smallest absolute Gasteiger partial charge is 0.343 e. The van der Waals surface area contributed by atoms with Crippen molar-refractivity contribution in [1.82, 2.24) is 0 Å². The van der Waals surface area contributed by atoms with Crippen LogP contribution in [0, 0.1) is 10.5 Å². The summed E-state index contributed by atoms with van der Waals surface area (Å²) in [6.45, 7) is 2.05. The average Bonchev–Trinajstić information content (AvgIpc) is 2.94. The van der Waals surface area contributed by atoms with E-state index in [2.05, 4.69) is 40.6 Å². The standard InChI is InChI=1S/C10H10I2N2O/c1-5-2-8(14-9-4-12-9)6(10(13)15)3-7(5)11/h2-3,14H,4H2,1H3,(H2,13,15)/p+1. The highest BCUT2D eigenvalue weighted by Crippen LogP contribution is 2.26. The molecule has 0 fully saturated rings. The third kappa shape index (κ3) is 2.76. The van der Waals surface area contributed by atoms with Crippen LogP contribution in [-0.4, -0.2) is 14.0 Å². The quantitative estimate of drug-likeness (QED) is 0.566. The Hall–Kier alpha value is -0.0200. The molecule has 0 saturated carbocycles. The lowest BCUT2D eigenvalue weighted by Gasteiger charge is -2.08. The van der Waals surface area contributed by atoms with Gasteiger partial charge < -0.3 is 5.32 Å². The molecule has 0 spiro atoms. The molecule has 0 aromatic heterocycles. The topological polar surface area (TPSA) is 56.7 Å². The van der Waals surface area contributed by atoms with Crippen LogP contribution in [0.15, 0.2) is 12.1 Å². The number of carbonyl (C=O) groups is 1. The van der Waals surface area contributed by atoms with E-state index in [-0.39, 0.29) is 26.6 Å². The lowest BCUT2D eigenvalue weighted by Crippen LogP contribution is -2.57. The molecule has 1 amide bonds. The van der Waals surface area contributed by atoms with Gasteiger partial charge in [-0.1, -0.05) is 20.7 Å². The van der Waals surface area contributed by atoms with Gasteiger partial charge in [-0.05, 0) is 47.2 Å². The molecule has 1 aliphatic rings. The summed E-state index contributed by atoms with van der Waals surface area (Å²) >= 11 is 2.51. The van der Waals surface area contributed by atoms with Crippen LogP contribution in [0.4, 0.5) is 5.69 Å². The summed E-state index contributed by atoms with van der Waals surface area (Å²) in [4.78, 5) is 11.4. The van der Waals surface area contributed by atoms with Gasteiger partial charge in [0.25, 0.3) is 0 Å². The van der Waals surface area contributed by atoms with Gasteiger partial charge in [0.05, 0.1) is 9.32 Å². The summed E-state index contributed by atoms with van der Waals surface area (Å²) < 4.78 is 3.76. The minimum Gasteiger partial charge on any atom is -0.353 e. The van der Waals surface area contributed by atoms with Gasteiger partial charge in [0.15, 0.2) is 0 Å². The second-order valence-electron chi connectivity index (χ2n) is 3.37. The van der Waals surface area contributed by atoms with E-state index in [1.54, 1.807) is 0 Å². The first-order chi connectivity index (χ1) is 7.08. The number of rotatable bonds is 3. The summed E-state index contributed by atoms with van der Waals surface area (Å²) in [5, 5.41) is 3.34. The third-order valence-electron chi connectivity index (χ3n) is 2.14. The fraction of sp³-hybridized carbons (Fsp3) is 0.200. The van der Waals surface area contributed by atoms with Gasteiger partial charge in [-0.3, -0.25) is 5.73 Å². The zero-order chi connectivity index (χ0) is 11.0. The Bertz CT molecular complexity index is 469. The summed E-state index contributed by atoms with van der Waals surface area (Å²) in [6, 6.07) is 3.95. The number of carbonyl (C=O) groups excluding carboxylic acids is 1. The van der Waals surface area contributed by atoms with Crippen molar-refractivity contribution in [2.45, 2.75) is 6.92 Å². The monoisotopic (exact) mass is 429 g/mol. The molecule has 0 atom stereocenters. The number of nitrogens with one attached hydrogen (secondary N) is 1. The van der Waals surface area contributed by atoms with Crippen LogP contribution in [0.25, 0.3) is 0 Å². The van der Waals surface area contributed by atoms with Crippen LogP contribution >= 0.6 is 43.3 Å². The molecule has 4 N–H and O–H groups in total. The largest absolute Gasteiger partial charge is 0.353 e. The highest BCUT2D eigenvalue weighted by molar-refractivity contribution is 14.2. The van der Waals surface area contributed by atoms with E-state index in [9.17, 15) is 4.79 Å². The van der Waals surface area contributed by atoms with Crippen LogP contribution in [0.3, 0.4) is 0 Å². The molecule has 0 unspecified atom stereocenters. The second-order valence-corrected chi connectivity index (χ2v) is 7.36. The normalized spacial score (nSPS) is 13.9. The number of halogens is 2. The van der Waals surface area contributed by atoms with Gasteiger partial charge in [0.2, 0.25) is 0 Å². The van der Waals surface area contributed by atoms with Crippen molar-refractivity contribution in [2.24, 2.45) is 0 Å². The lowest BCUT2D eigenvalue weighted by atomic mass is 10.1. The number of benzene rings is 1. The number of hydrogen-bond donors (Lipinski definition) is 2. The number of quaternary nitrogens is 1. The molecular formula is C10H11I2N2O+. The third-order valence-corrected chi connectivity index (χ3v) is 5.09. The van der Waals surface area contributed by atoms with Gasteiger partial charge in [0, 0.05) is 8.00 Å². The number of alkyl halides is 1. The summed E-state index contributed by atoms with van der Waals surface area (Å²) in [5.41, 5.74) is 6.32. The maximum atomic E-state index is 11.4. The Morgan fingerprint density at radius 3 is 2.80 bits per heavy atom. The zero-order valence-electron chi connectivity index (χ0n) is 8.23. The molecule has 0 bridgehead atoms. The Morgan fingerprint density at radius 1 is 1.60 bits per heavy atom. The number of aryl methyl sites for hydroxylation is 1. The number of anilines is 1. The van der Waals surface area contributed by atoms with Crippen molar-refractivity contribution in [3.63, 3.8) is 0 Å². The van der Waals surface area contributed by atoms with Crippen LogP contribution in [0.2, 0.25) is 0 Å². The average molecular weight is 429 g/mol. The van der Waals surface area contributed by atoms with Crippen LogP contribution < -0.4 is 11.1 Å². The summed E-state index contributed by atoms with van der Waals surface area (Å²) in [6.07, 6.45) is 0. The van der Waals surface area contributed by atoms with Crippen molar-refractivity contribution in [3.8, 4) is 0 Å². The van der Waals surface area contributed by atoms with Gasteiger partial charge >= 0.3 is 5.91 Å². The first-order valence-electron chi connectivity index (χ1n) is 4.46. The van der Waals surface area contributed by atoms with E-state index in [1.807, 2.05) is 12.1 Å². The van der Waals surface area contributed by atoms with E-state index in [1.165, 1.54) is 13.6 Å². The molecule has 1 aliphatic heterocycles. The molecule has 0 aliphatic carbocycles. The fourth-order valence-electron chi connectivity index (χ4n) is 1.26. The van der Waals surface area contributed by atoms with E-state index < -0.39 is 0 Å². The van der Waals surface area contributed by atoms with Gasteiger partial charge in [-0.25, -0.2) is 4.79 Å². The molecule has 5 heteroatoms. The highest BCUT2D eigenvalue weighted by atomic mass is 127. The van der Waals surface area contributed by atoms with Crippen molar-refractivity contribution in [2.75, 3.05) is 9.74 Å². The number of hydrogen-bond acceptors (Lipinski definition) is 2. The predicted molar refractivity (Wildman–Crippen MR) is 78.6 cm³/mol. The molecule has 15 heavy (non-hydrogen) atoms. The fourth-order valence-corrected chi connectivity index (χ4v) is 2.59. The van der Waals surface area contributed by atoms with Crippen molar-refractivity contribution < 1.29 is 10.5 Å². The minimum absolute atomic E-state index is 0.116. The summed E-state index contributed by atoms with van der Waals surface area (Å²) in [7, 11) is 0. The molecule has 0 saturated heterocycles. The van der Waals surface area contributed by atoms with Crippen molar-refractivity contribution >= 4 is 58.5 Å². The first-order valence-corrected chi connectivity index (χ1v) is 8.14. The SMILES string of the molecule is Cc1cc(NC2=IC2)c(C([NH3+])=O)cc1I. The molecule has 0 radical (unpaired) electrons. The Morgan fingerprint density at radius 2 is 2.27 bits per heavy atom. The molecule has 2 rings (SSSR count). The van der Waals surface area contributed by atoms with Gasteiger partial charge in [0.1, 0.15) is 5.56 Å². The van der Waals surface area contributed by atoms with Crippen LogP contribution in [0.1, 0.15) is 15.9 Å². The van der Waals surface area contributed by atoms with Gasteiger partial charge in [-0.2, -0.15) is 0 Å². The number of amides is 1. The van der Waals surface area contributed by atoms with E-state index in [4.69, 9.17) is 0 Å². The van der Waals surface area contributed by atoms with Crippen LogP contribution in [-0.2, 0) is 0 Å². The highest BCUT2D eigenvalue weighted by Gasteiger charge is 2.17. The van der Waals surface area contributed by atoms with Crippen molar-refractivity contribution in [3.05, 3.63) is 26.8 Å². The minimum atomic E-state index is -0.116. The van der Waals surface area contributed by atoms with Crippen LogP contribution in [0.5, 0.6) is 0 Å². The van der Waals surface area contributed by atoms with E-state index in [0.717, 1.165) is 9.26 Å². The Balaban J connectivity index is 2.43. The van der Waals surface area contributed by atoms with E-state index >= 15 is 0 Å². The zero-order valence-corrected chi connectivity index (χ0v) is 12.5. The maximum Gasteiger partial charge on any atom is 0.343 e. The first kappa shape index (κ1) is 11.5. The molecule has 1 heterocycles. The van der Waals surface area contributed by atoms with Crippen molar-refractivity contribution in [1.29, 1.82) is 0 Å².